The summed E-state index contributed by atoms with van der Waals surface area (Å²) in [6, 6.07) is 9.66. The van der Waals surface area contributed by atoms with Gasteiger partial charge in [-0.3, -0.25) is 0 Å². The number of carbonyl (C=O) groups is 1. The van der Waals surface area contributed by atoms with Gasteiger partial charge in [0.25, 0.3) is 0 Å². The normalized spacial score (nSPS) is 28.2. The van der Waals surface area contributed by atoms with Crippen molar-refractivity contribution in [2.24, 2.45) is 5.92 Å². The molecule has 1 amide bonds. The first-order valence-electron chi connectivity index (χ1n) is 7.48. The lowest BCUT2D eigenvalue weighted by molar-refractivity contribution is -0.0241. The van der Waals surface area contributed by atoms with E-state index in [-0.39, 0.29) is 24.9 Å². The highest BCUT2D eigenvalue weighted by Crippen LogP contribution is 2.33. The summed E-state index contributed by atoms with van der Waals surface area (Å²) < 4.78 is 11.1. The molecule has 0 unspecified atom stereocenters. The Balaban J connectivity index is 1.50. The van der Waals surface area contributed by atoms with Crippen molar-refractivity contribution in [2.45, 2.75) is 31.7 Å². The average molecular weight is 291 g/mol. The zero-order valence-corrected chi connectivity index (χ0v) is 12.0. The van der Waals surface area contributed by atoms with Crippen molar-refractivity contribution in [1.82, 2.24) is 4.90 Å². The summed E-state index contributed by atoms with van der Waals surface area (Å²) in [6.07, 6.45) is 1.50. The van der Waals surface area contributed by atoms with Crippen molar-refractivity contribution < 1.29 is 19.4 Å². The Morgan fingerprint density at radius 2 is 2.19 bits per heavy atom. The second-order valence-electron chi connectivity index (χ2n) is 5.75. The number of hydrogen-bond acceptors (Lipinski definition) is 4. The van der Waals surface area contributed by atoms with Gasteiger partial charge in [0.2, 0.25) is 0 Å². The number of nitrogens with zero attached hydrogens (tertiary/aromatic N) is 1. The standard InChI is InChI=1S/C16H21NO4/c18-10-14-8-13-6-7-17(9-15(13)21-14)16(19)20-11-12-4-2-1-3-5-12/h1-5,13-15,18H,6-11H2/t13-,14+,15-/m0/s1. The molecule has 2 heterocycles. The molecule has 1 N–H and O–H groups in total. The first-order chi connectivity index (χ1) is 10.3. The molecule has 3 rings (SSSR count). The summed E-state index contributed by atoms with van der Waals surface area (Å²) in [5, 5.41) is 9.17. The molecule has 2 fully saturated rings. The van der Waals surface area contributed by atoms with E-state index in [0.29, 0.717) is 25.6 Å². The lowest BCUT2D eigenvalue weighted by Crippen LogP contribution is -2.45. The van der Waals surface area contributed by atoms with Crippen molar-refractivity contribution in [2.75, 3.05) is 19.7 Å². The molecule has 1 aromatic rings. The number of hydrogen-bond donors (Lipinski definition) is 1. The Morgan fingerprint density at radius 3 is 2.95 bits per heavy atom. The molecule has 1 aromatic carbocycles. The van der Waals surface area contributed by atoms with Gasteiger partial charge in [-0.05, 0) is 24.3 Å². The van der Waals surface area contributed by atoms with Crippen LogP contribution in [-0.4, -0.2) is 48.0 Å². The lowest BCUT2D eigenvalue weighted by atomic mass is 9.92. The monoisotopic (exact) mass is 291 g/mol. The van der Waals surface area contributed by atoms with Gasteiger partial charge in [-0.2, -0.15) is 0 Å². The molecule has 114 valence electrons. The van der Waals surface area contributed by atoms with Crippen LogP contribution in [0.4, 0.5) is 4.79 Å². The van der Waals surface area contributed by atoms with Gasteiger partial charge in [-0.1, -0.05) is 30.3 Å². The smallest absolute Gasteiger partial charge is 0.410 e. The Morgan fingerprint density at radius 1 is 1.38 bits per heavy atom. The summed E-state index contributed by atoms with van der Waals surface area (Å²) in [4.78, 5) is 13.8. The van der Waals surface area contributed by atoms with Crippen LogP contribution in [0.1, 0.15) is 18.4 Å². The largest absolute Gasteiger partial charge is 0.445 e. The fourth-order valence-electron chi connectivity index (χ4n) is 3.12. The first-order valence-corrected chi connectivity index (χ1v) is 7.48. The van der Waals surface area contributed by atoms with Gasteiger partial charge >= 0.3 is 6.09 Å². The third-order valence-corrected chi connectivity index (χ3v) is 4.30. The van der Waals surface area contributed by atoms with Gasteiger partial charge < -0.3 is 19.5 Å². The lowest BCUT2D eigenvalue weighted by Gasteiger charge is -2.33. The van der Waals surface area contributed by atoms with E-state index < -0.39 is 0 Å². The first kappa shape index (κ1) is 14.4. The third kappa shape index (κ3) is 3.36. The molecule has 0 aliphatic carbocycles. The maximum absolute atomic E-state index is 12.1. The van der Waals surface area contributed by atoms with E-state index in [1.54, 1.807) is 4.90 Å². The predicted octanol–water partition coefficient (Wildman–Crippen LogP) is 1.79. The minimum Gasteiger partial charge on any atom is -0.445 e. The second-order valence-corrected chi connectivity index (χ2v) is 5.75. The predicted molar refractivity (Wildman–Crippen MR) is 76.7 cm³/mol. The molecule has 21 heavy (non-hydrogen) atoms. The maximum Gasteiger partial charge on any atom is 0.410 e. The van der Waals surface area contributed by atoms with Crippen LogP contribution in [0.3, 0.4) is 0 Å². The number of carbonyl (C=O) groups excluding carboxylic acids is 1. The zero-order chi connectivity index (χ0) is 14.7. The van der Waals surface area contributed by atoms with Crippen molar-refractivity contribution in [3.05, 3.63) is 35.9 Å². The molecule has 2 aliphatic rings. The number of fused-ring (bicyclic) bond motifs is 1. The van der Waals surface area contributed by atoms with Crippen LogP contribution >= 0.6 is 0 Å². The number of ether oxygens (including phenoxy) is 2. The van der Waals surface area contributed by atoms with Crippen LogP contribution in [0.5, 0.6) is 0 Å². The van der Waals surface area contributed by atoms with Crippen molar-refractivity contribution in [3.63, 3.8) is 0 Å². The molecular formula is C16H21NO4. The van der Waals surface area contributed by atoms with Crippen LogP contribution in [0.2, 0.25) is 0 Å². The fraction of sp³-hybridized carbons (Fsp3) is 0.562. The van der Waals surface area contributed by atoms with Gasteiger partial charge in [0.05, 0.1) is 25.4 Å². The second kappa shape index (κ2) is 6.45. The summed E-state index contributed by atoms with van der Waals surface area (Å²) in [5.41, 5.74) is 0.984. The number of amides is 1. The highest BCUT2D eigenvalue weighted by Gasteiger charge is 2.40. The number of aliphatic hydroxyl groups excluding tert-OH is 1. The van der Waals surface area contributed by atoms with Gasteiger partial charge in [-0.15, -0.1) is 0 Å². The minimum absolute atomic E-state index is 0.0418. The van der Waals surface area contributed by atoms with Gasteiger partial charge in [0, 0.05) is 6.54 Å². The highest BCUT2D eigenvalue weighted by atomic mass is 16.6. The quantitative estimate of drug-likeness (QED) is 0.922. The molecule has 5 nitrogen and oxygen atoms in total. The van der Waals surface area contributed by atoms with Gasteiger partial charge in [0.15, 0.2) is 0 Å². The van der Waals surface area contributed by atoms with E-state index in [4.69, 9.17) is 14.6 Å². The van der Waals surface area contributed by atoms with Crippen LogP contribution in [0.15, 0.2) is 30.3 Å². The molecule has 0 bridgehead atoms. The van der Waals surface area contributed by atoms with Crippen LogP contribution in [0, 0.1) is 5.92 Å². The summed E-state index contributed by atoms with van der Waals surface area (Å²) in [5.74, 6) is 0.459. The fourth-order valence-corrected chi connectivity index (χ4v) is 3.12. The molecule has 5 heteroatoms. The summed E-state index contributed by atoms with van der Waals surface area (Å²) in [6.45, 7) is 1.63. The Kier molecular flexibility index (Phi) is 4.41. The van der Waals surface area contributed by atoms with E-state index in [9.17, 15) is 4.79 Å². The number of likely N-dealkylation sites (tertiary alicyclic amines) is 1. The van der Waals surface area contributed by atoms with Crippen molar-refractivity contribution in [3.8, 4) is 0 Å². The van der Waals surface area contributed by atoms with Crippen LogP contribution < -0.4 is 0 Å². The number of rotatable bonds is 3. The summed E-state index contributed by atoms with van der Waals surface area (Å²) >= 11 is 0. The SMILES string of the molecule is O=C(OCc1ccccc1)N1CC[C@H]2C[C@H](CO)O[C@H]2C1. The minimum atomic E-state index is -0.284. The van der Waals surface area contributed by atoms with Crippen LogP contribution in [0.25, 0.3) is 0 Å². The Hall–Kier alpha value is -1.59. The van der Waals surface area contributed by atoms with E-state index in [1.807, 2.05) is 30.3 Å². The third-order valence-electron chi connectivity index (χ3n) is 4.30. The number of benzene rings is 1. The van der Waals surface area contributed by atoms with E-state index in [2.05, 4.69) is 0 Å². The van der Waals surface area contributed by atoms with E-state index in [1.165, 1.54) is 0 Å². The Labute approximate surface area is 124 Å². The van der Waals surface area contributed by atoms with Gasteiger partial charge in [-0.25, -0.2) is 4.79 Å². The molecule has 2 saturated heterocycles. The van der Waals surface area contributed by atoms with Crippen molar-refractivity contribution >= 4 is 6.09 Å². The molecule has 0 saturated carbocycles. The molecule has 0 spiro atoms. The summed E-state index contributed by atoms with van der Waals surface area (Å²) in [7, 11) is 0. The zero-order valence-electron chi connectivity index (χ0n) is 12.0. The number of aliphatic hydroxyl groups is 1. The molecule has 0 aromatic heterocycles. The van der Waals surface area contributed by atoms with Crippen LogP contribution in [-0.2, 0) is 16.1 Å². The van der Waals surface area contributed by atoms with Crippen molar-refractivity contribution in [1.29, 1.82) is 0 Å². The molecule has 0 radical (unpaired) electrons. The molecular weight excluding hydrogens is 270 g/mol. The van der Waals surface area contributed by atoms with Gasteiger partial charge in [0.1, 0.15) is 6.61 Å². The maximum atomic E-state index is 12.1. The van der Waals surface area contributed by atoms with E-state index in [0.717, 1.165) is 18.4 Å². The molecule has 2 aliphatic heterocycles. The highest BCUT2D eigenvalue weighted by molar-refractivity contribution is 5.67. The molecule has 3 atom stereocenters. The number of piperidine rings is 1. The average Bonchev–Trinajstić information content (AvgIpc) is 2.95. The Bertz CT molecular complexity index is 478. The topological polar surface area (TPSA) is 59.0 Å². The van der Waals surface area contributed by atoms with E-state index >= 15 is 0 Å².